The van der Waals surface area contributed by atoms with Gasteiger partial charge in [-0.15, -0.1) is 0 Å². The van der Waals surface area contributed by atoms with Crippen LogP contribution < -0.4 is 0 Å². The van der Waals surface area contributed by atoms with Crippen molar-refractivity contribution in [3.05, 3.63) is 23.8 Å². The molecule has 3 rings (SSSR count). The summed E-state index contributed by atoms with van der Waals surface area (Å²) in [6.45, 7) is 3.88. The fraction of sp³-hybridized carbons (Fsp3) is 0.467. The number of amides is 1. The van der Waals surface area contributed by atoms with E-state index in [1.165, 1.54) is 17.3 Å². The van der Waals surface area contributed by atoms with Crippen molar-refractivity contribution in [3.8, 4) is 0 Å². The number of likely N-dealkylation sites (tertiary alicyclic amines) is 1. The van der Waals surface area contributed by atoms with E-state index in [0.29, 0.717) is 11.6 Å². The number of rotatable bonds is 4. The fourth-order valence-corrected chi connectivity index (χ4v) is 3.19. The molecule has 0 N–H and O–H groups in total. The van der Waals surface area contributed by atoms with E-state index in [1.807, 2.05) is 30.0 Å². The highest BCUT2D eigenvalue weighted by molar-refractivity contribution is 7.99. The second kappa shape index (κ2) is 5.87. The number of oxazole rings is 1. The van der Waals surface area contributed by atoms with E-state index in [2.05, 4.69) is 4.98 Å². The standard InChI is InChI=1S/C15H18N2O2S/c1-11-4-5-13-12(10-11)16-15(19-13)20-9-6-14(18)17-7-2-3-8-17/h4-5,10H,2-3,6-9H2,1H3. The normalized spacial score (nSPS) is 15.2. The van der Waals surface area contributed by atoms with Crippen LogP contribution in [-0.2, 0) is 4.79 Å². The molecule has 4 nitrogen and oxygen atoms in total. The first kappa shape index (κ1) is 13.5. The second-order valence-electron chi connectivity index (χ2n) is 5.14. The third kappa shape index (κ3) is 2.98. The second-order valence-corrected chi connectivity index (χ2v) is 6.18. The molecule has 0 bridgehead atoms. The van der Waals surface area contributed by atoms with Crippen LogP contribution in [0.3, 0.4) is 0 Å². The fourth-order valence-electron chi connectivity index (χ4n) is 2.43. The predicted octanol–water partition coefficient (Wildman–Crippen LogP) is 3.24. The van der Waals surface area contributed by atoms with Gasteiger partial charge >= 0.3 is 0 Å². The van der Waals surface area contributed by atoms with Gasteiger partial charge in [-0.25, -0.2) is 4.98 Å². The third-order valence-corrected chi connectivity index (χ3v) is 4.35. The van der Waals surface area contributed by atoms with Gasteiger partial charge in [0.2, 0.25) is 5.91 Å². The Hall–Kier alpha value is -1.49. The van der Waals surface area contributed by atoms with Crippen LogP contribution in [0.4, 0.5) is 0 Å². The Morgan fingerprint density at radius 1 is 1.40 bits per heavy atom. The van der Waals surface area contributed by atoms with Crippen LogP contribution >= 0.6 is 11.8 Å². The third-order valence-electron chi connectivity index (χ3n) is 3.52. The van der Waals surface area contributed by atoms with Crippen LogP contribution in [0, 0.1) is 6.92 Å². The topological polar surface area (TPSA) is 46.3 Å². The number of benzene rings is 1. The largest absolute Gasteiger partial charge is 0.431 e. The van der Waals surface area contributed by atoms with E-state index in [4.69, 9.17) is 4.42 Å². The van der Waals surface area contributed by atoms with Crippen LogP contribution in [0.5, 0.6) is 0 Å². The molecule has 106 valence electrons. The smallest absolute Gasteiger partial charge is 0.256 e. The number of hydrogen-bond donors (Lipinski definition) is 0. The quantitative estimate of drug-likeness (QED) is 0.811. The van der Waals surface area contributed by atoms with Crippen LogP contribution in [0.25, 0.3) is 11.1 Å². The number of thioether (sulfide) groups is 1. The lowest BCUT2D eigenvalue weighted by atomic mass is 10.2. The summed E-state index contributed by atoms with van der Waals surface area (Å²) in [5.41, 5.74) is 2.87. The number of fused-ring (bicyclic) bond motifs is 1. The highest BCUT2D eigenvalue weighted by atomic mass is 32.2. The van der Waals surface area contributed by atoms with Gasteiger partial charge in [0.15, 0.2) is 5.58 Å². The van der Waals surface area contributed by atoms with E-state index in [0.717, 1.165) is 42.8 Å². The van der Waals surface area contributed by atoms with Gasteiger partial charge in [0.25, 0.3) is 5.22 Å². The van der Waals surface area contributed by atoms with Gasteiger partial charge in [-0.1, -0.05) is 17.8 Å². The Morgan fingerprint density at radius 2 is 2.20 bits per heavy atom. The minimum atomic E-state index is 0.252. The van der Waals surface area contributed by atoms with Crippen LogP contribution in [-0.4, -0.2) is 34.6 Å². The lowest BCUT2D eigenvalue weighted by Gasteiger charge is -2.14. The Bertz CT molecular complexity index is 617. The number of aryl methyl sites for hydroxylation is 1. The molecule has 0 atom stereocenters. The predicted molar refractivity (Wildman–Crippen MR) is 79.9 cm³/mol. The van der Waals surface area contributed by atoms with Gasteiger partial charge in [0.05, 0.1) is 0 Å². The molecule has 1 fully saturated rings. The molecule has 0 saturated carbocycles. The zero-order valence-electron chi connectivity index (χ0n) is 11.6. The van der Waals surface area contributed by atoms with E-state index in [1.54, 1.807) is 0 Å². The molecule has 0 aliphatic carbocycles. The van der Waals surface area contributed by atoms with Gasteiger partial charge in [-0.2, -0.15) is 0 Å². The summed E-state index contributed by atoms with van der Waals surface area (Å²) in [6.07, 6.45) is 2.84. The average Bonchev–Trinajstić information content (AvgIpc) is 3.06. The first-order valence-electron chi connectivity index (χ1n) is 7.00. The molecule has 0 radical (unpaired) electrons. The summed E-state index contributed by atoms with van der Waals surface area (Å²) in [5, 5.41) is 0.653. The average molecular weight is 290 g/mol. The summed E-state index contributed by atoms with van der Waals surface area (Å²) in [7, 11) is 0. The maximum atomic E-state index is 11.9. The van der Waals surface area contributed by atoms with Gasteiger partial charge in [0, 0.05) is 25.3 Å². The zero-order valence-corrected chi connectivity index (χ0v) is 12.4. The Labute approximate surface area is 122 Å². The molecule has 1 aromatic carbocycles. The van der Waals surface area contributed by atoms with Crippen LogP contribution in [0.1, 0.15) is 24.8 Å². The highest BCUT2D eigenvalue weighted by Crippen LogP contribution is 2.24. The summed E-state index contributed by atoms with van der Waals surface area (Å²) >= 11 is 1.51. The number of aromatic nitrogens is 1. The monoisotopic (exact) mass is 290 g/mol. The van der Waals surface area contributed by atoms with E-state index < -0.39 is 0 Å². The summed E-state index contributed by atoms with van der Waals surface area (Å²) in [4.78, 5) is 18.3. The van der Waals surface area contributed by atoms with Gasteiger partial charge in [0.1, 0.15) is 5.52 Å². The Morgan fingerprint density at radius 3 is 3.00 bits per heavy atom. The van der Waals surface area contributed by atoms with Crippen molar-refractivity contribution in [2.24, 2.45) is 0 Å². The van der Waals surface area contributed by atoms with Gasteiger partial charge in [-0.3, -0.25) is 4.79 Å². The number of nitrogens with zero attached hydrogens (tertiary/aromatic N) is 2. The molecule has 1 aromatic heterocycles. The minimum absolute atomic E-state index is 0.252. The van der Waals surface area contributed by atoms with Crippen LogP contribution in [0.2, 0.25) is 0 Å². The molecule has 5 heteroatoms. The lowest BCUT2D eigenvalue weighted by Crippen LogP contribution is -2.27. The van der Waals surface area contributed by atoms with Crippen molar-refractivity contribution in [1.82, 2.24) is 9.88 Å². The van der Waals surface area contributed by atoms with Crippen molar-refractivity contribution in [1.29, 1.82) is 0 Å². The molecular weight excluding hydrogens is 272 g/mol. The minimum Gasteiger partial charge on any atom is -0.431 e. The number of carbonyl (C=O) groups is 1. The maximum Gasteiger partial charge on any atom is 0.256 e. The molecule has 1 amide bonds. The summed E-state index contributed by atoms with van der Waals surface area (Å²) in [5.74, 6) is 0.975. The van der Waals surface area contributed by atoms with Crippen molar-refractivity contribution < 1.29 is 9.21 Å². The molecule has 1 aliphatic heterocycles. The summed E-state index contributed by atoms with van der Waals surface area (Å²) in [6, 6.07) is 5.97. The summed E-state index contributed by atoms with van der Waals surface area (Å²) < 4.78 is 5.66. The molecule has 1 aliphatic rings. The van der Waals surface area contributed by atoms with E-state index in [9.17, 15) is 4.79 Å². The van der Waals surface area contributed by atoms with Gasteiger partial charge in [-0.05, 0) is 37.5 Å². The number of carbonyl (C=O) groups excluding carboxylic acids is 1. The SMILES string of the molecule is Cc1ccc2oc(SCCC(=O)N3CCCC3)nc2c1. The van der Waals surface area contributed by atoms with E-state index in [-0.39, 0.29) is 5.91 Å². The van der Waals surface area contributed by atoms with Gasteiger partial charge < -0.3 is 9.32 Å². The lowest BCUT2D eigenvalue weighted by molar-refractivity contribution is -0.129. The maximum absolute atomic E-state index is 11.9. The highest BCUT2D eigenvalue weighted by Gasteiger charge is 2.17. The molecule has 0 spiro atoms. The first-order valence-corrected chi connectivity index (χ1v) is 7.99. The molecular formula is C15H18N2O2S. The van der Waals surface area contributed by atoms with Crippen molar-refractivity contribution >= 4 is 28.8 Å². The van der Waals surface area contributed by atoms with Crippen molar-refractivity contribution in [3.63, 3.8) is 0 Å². The van der Waals surface area contributed by atoms with Crippen LogP contribution in [0.15, 0.2) is 27.8 Å². The molecule has 2 aromatic rings. The Kier molecular flexibility index (Phi) is 3.96. The molecule has 20 heavy (non-hydrogen) atoms. The molecule has 1 saturated heterocycles. The molecule has 0 unspecified atom stereocenters. The number of hydrogen-bond acceptors (Lipinski definition) is 4. The van der Waals surface area contributed by atoms with Crippen molar-refractivity contribution in [2.75, 3.05) is 18.8 Å². The molecule has 2 heterocycles. The first-order chi connectivity index (χ1) is 9.72. The Balaban J connectivity index is 1.55. The zero-order chi connectivity index (χ0) is 13.9. The van der Waals surface area contributed by atoms with Crippen molar-refractivity contribution in [2.45, 2.75) is 31.4 Å². The van der Waals surface area contributed by atoms with E-state index >= 15 is 0 Å².